The van der Waals surface area contributed by atoms with Gasteiger partial charge in [-0.15, -0.1) is 0 Å². The highest BCUT2D eigenvalue weighted by molar-refractivity contribution is 7.86. The van der Waals surface area contributed by atoms with E-state index in [4.69, 9.17) is 10.5 Å². The van der Waals surface area contributed by atoms with Crippen molar-refractivity contribution in [3.8, 4) is 5.75 Å². The van der Waals surface area contributed by atoms with E-state index in [9.17, 15) is 82.9 Å². The van der Waals surface area contributed by atoms with Crippen molar-refractivity contribution in [3.05, 3.63) is 201 Å². The zero-order valence-corrected chi connectivity index (χ0v) is 65.7. The minimum atomic E-state index is -5.38. The van der Waals surface area contributed by atoms with Crippen LogP contribution >= 0.6 is 0 Å². The first-order valence-corrected chi connectivity index (χ1v) is 41.0. The molecule has 1 aliphatic carbocycles. The van der Waals surface area contributed by atoms with E-state index in [1.54, 1.807) is 0 Å². The number of carbonyl (C=O) groups is 6. The quantitative estimate of drug-likeness (QED) is 0.0110. The average molecular weight is 1610 g/mol. The van der Waals surface area contributed by atoms with Crippen molar-refractivity contribution in [1.82, 2.24) is 25.3 Å². The lowest BCUT2D eigenvalue weighted by molar-refractivity contribution is -0.438. The monoisotopic (exact) mass is 1600 g/mol. The molecule has 30 heteroatoms. The van der Waals surface area contributed by atoms with Crippen LogP contribution in [0.25, 0.3) is 32.7 Å². The predicted octanol–water partition coefficient (Wildman–Crippen LogP) is 13.7. The highest BCUT2D eigenvalue weighted by atomic mass is 32.2. The van der Waals surface area contributed by atoms with E-state index in [2.05, 4.69) is 129 Å². The van der Waals surface area contributed by atoms with Gasteiger partial charge in [0.15, 0.2) is 23.4 Å². The molecule has 0 spiro atoms. The van der Waals surface area contributed by atoms with Crippen molar-refractivity contribution >= 4 is 117 Å². The van der Waals surface area contributed by atoms with Crippen LogP contribution in [0, 0.1) is 5.92 Å². The number of nitrogen functional groups attached to an aromatic ring is 1. The van der Waals surface area contributed by atoms with Gasteiger partial charge in [-0.2, -0.15) is 39.6 Å². The van der Waals surface area contributed by atoms with Crippen LogP contribution in [0.5, 0.6) is 5.75 Å². The number of unbranched alkanes of at least 4 members (excludes halogenated alkanes) is 2. The van der Waals surface area contributed by atoms with Crippen molar-refractivity contribution in [2.45, 2.75) is 190 Å². The molecule has 4 heterocycles. The number of anilines is 3. The topological polar surface area (TPSA) is 380 Å². The zero-order chi connectivity index (χ0) is 82.4. The molecule has 2 amide bonds. The molecule has 0 bridgehead atoms. The molecule has 2 aliphatic heterocycles. The second-order valence-electron chi connectivity index (χ2n) is 30.7. The molecule has 11 rings (SSSR count). The van der Waals surface area contributed by atoms with Gasteiger partial charge in [-0.05, 0) is 184 Å². The second-order valence-corrected chi connectivity index (χ2v) is 34.3. The number of fused-ring (bicyclic) bond motifs is 7. The van der Waals surface area contributed by atoms with Crippen LogP contribution in [-0.2, 0) is 68.0 Å². The number of allylic oxidation sites excluding steroid dienone is 4. The third-order valence-electron chi connectivity index (χ3n) is 22.1. The highest BCUT2D eigenvalue weighted by Crippen LogP contribution is 2.51. The summed E-state index contributed by atoms with van der Waals surface area (Å²) < 4.78 is 121. The minimum absolute atomic E-state index is 0.00574. The third-order valence-corrected chi connectivity index (χ3v) is 24.6. The SMILES string of the molecule is CC(CCN1c2ccc3ccccc3c2C(C)(C)C1C/C=C1\CCCC(/C=C/C2=[N+](CCC(C)S(=O)(=O)O)c3ccc4ccccc4c3C2(C)C)=C1Oc1ccc(CCC(=O)CCCCC[C@H](CC(=O)CC[C@H](NC(=O)c2ccc(N(Cc3cnc4nc(N)[nH]c(=O)c4n3)C(=O)C(F)(F)F)cc2)C(=O)O)C(=O)O)cc1)S(=O)(=O)O. The summed E-state index contributed by atoms with van der Waals surface area (Å²) in [6.45, 7) is 11.6. The van der Waals surface area contributed by atoms with E-state index in [0.29, 0.717) is 69.5 Å². The molecule has 8 N–H and O–H groups in total. The number of Topliss-reactive ketones (excluding diaryl/α,β-unsaturated/α-hetero) is 2. The summed E-state index contributed by atoms with van der Waals surface area (Å²) in [5, 5.41) is 24.6. The van der Waals surface area contributed by atoms with Gasteiger partial charge in [0.1, 0.15) is 29.1 Å². The molecule has 0 fully saturated rings. The average Bonchev–Trinajstić information content (AvgIpc) is 1.57. The van der Waals surface area contributed by atoms with Crippen molar-refractivity contribution in [2.24, 2.45) is 5.92 Å². The molecule has 25 nitrogen and oxygen atoms in total. The van der Waals surface area contributed by atoms with E-state index in [1.165, 1.54) is 13.8 Å². The fourth-order valence-electron chi connectivity index (χ4n) is 15.7. The van der Waals surface area contributed by atoms with Crippen LogP contribution in [0.2, 0.25) is 0 Å². The summed E-state index contributed by atoms with van der Waals surface area (Å²) in [6.07, 6.45) is 6.04. The van der Waals surface area contributed by atoms with Gasteiger partial charge in [0.25, 0.3) is 31.7 Å². The number of hydrogen-bond donors (Lipinski definition) is 7. The van der Waals surface area contributed by atoms with E-state index in [0.717, 1.165) is 103 Å². The largest absolute Gasteiger partial charge is 0.481 e. The van der Waals surface area contributed by atoms with Crippen LogP contribution < -0.4 is 31.1 Å². The number of amides is 2. The van der Waals surface area contributed by atoms with Gasteiger partial charge in [-0.3, -0.25) is 47.8 Å². The molecule has 0 saturated heterocycles. The van der Waals surface area contributed by atoms with Gasteiger partial charge in [0, 0.05) is 84.7 Å². The van der Waals surface area contributed by atoms with E-state index >= 15 is 0 Å². The standard InChI is InChI=1S/C84H92F3N9O16S2/c1-50(113(106,107)108)43-45-94-67-39-28-53-15-10-12-21-64(53)71(67)82(3,4)69(94)41-30-55-18-14-19-56(31-42-70-83(5,6)72-65-22-13-11-16-54(65)29-40-68(72)95(70)46-44-51(2)114(109,110)111)74(55)112-63-36-24-52(25-37-63)23-34-61(97)20-9-7-8-17-58(78(101)102)47-62(98)35-38-66(79(103)104)91-76(99)57-26-32-60(33-27-57)96(80(105)84(85,86)87)49-59-48-89-75-73(90-59)77(100)93-81(88)92-75/h10-13,15-16,21-22,24-33,36-37,39-41,48,50-51,58,66,70H,7-9,14,17-20,23,34-35,38,42-47,49H2,1-6H3,(H7-,88,89,91,92,93,99,100,101,102,103,104,106,107,108,109,110,111)/p+1/b41-30+,56-31+/t50?,51?,58-,66+,70?/m1/s1. The summed E-state index contributed by atoms with van der Waals surface area (Å²) in [6, 6.07) is 34.6. The van der Waals surface area contributed by atoms with E-state index in [-0.39, 0.29) is 82.9 Å². The van der Waals surface area contributed by atoms with Gasteiger partial charge in [0.05, 0.1) is 40.3 Å². The molecular formula is C84H93F3N9O16S2+. The summed E-state index contributed by atoms with van der Waals surface area (Å²) in [7, 11) is -8.64. The summed E-state index contributed by atoms with van der Waals surface area (Å²) in [5.74, 6) is -6.86. The molecule has 8 aromatic rings. The number of nitrogens with two attached hydrogens (primary N) is 1. The molecule has 2 aromatic heterocycles. The Balaban J connectivity index is 0.724. The van der Waals surface area contributed by atoms with Crippen LogP contribution in [0.4, 0.5) is 36.2 Å². The zero-order valence-electron chi connectivity index (χ0n) is 64.1. The molecule has 0 radical (unpaired) electrons. The lowest BCUT2D eigenvalue weighted by Crippen LogP contribution is -2.42. The Bertz CT molecular complexity index is 5490. The number of halogens is 3. The van der Waals surface area contributed by atoms with Crippen molar-refractivity contribution in [2.75, 3.05) is 28.6 Å². The van der Waals surface area contributed by atoms with Gasteiger partial charge in [0.2, 0.25) is 11.6 Å². The number of ether oxygens (including phenoxy) is 1. The Labute approximate surface area is 657 Å². The number of nitrogens with one attached hydrogen (secondary N) is 2. The molecule has 3 unspecified atom stereocenters. The maximum Gasteiger partial charge on any atom is 0.471 e. The number of aromatic nitrogens is 4. The lowest BCUT2D eigenvalue weighted by atomic mass is 9.76. The summed E-state index contributed by atoms with van der Waals surface area (Å²) in [5.41, 5.74) is 10.2. The Morgan fingerprint density at radius 3 is 2.07 bits per heavy atom. The molecule has 602 valence electrons. The van der Waals surface area contributed by atoms with Gasteiger partial charge < -0.3 is 30.9 Å². The fraction of sp³-hybridized carbons (Fsp3) is 0.393. The number of hydrogen-bond acceptors (Lipinski definition) is 17. The Morgan fingerprint density at radius 1 is 0.754 bits per heavy atom. The molecule has 114 heavy (non-hydrogen) atoms. The van der Waals surface area contributed by atoms with Gasteiger partial charge in [-0.1, -0.05) is 99.5 Å². The van der Waals surface area contributed by atoms with Crippen molar-refractivity contribution in [3.63, 3.8) is 0 Å². The smallest absolute Gasteiger partial charge is 0.471 e. The Morgan fingerprint density at radius 2 is 1.41 bits per heavy atom. The molecule has 6 aromatic carbocycles. The number of alkyl halides is 3. The number of carboxylic acid groups (broad SMARTS) is 2. The number of rotatable bonds is 35. The fourth-order valence-corrected chi connectivity index (χ4v) is 16.5. The summed E-state index contributed by atoms with van der Waals surface area (Å²) in [4.78, 5) is 106. The highest BCUT2D eigenvalue weighted by Gasteiger charge is 2.48. The number of benzene rings is 6. The molecular weight excluding hydrogens is 1510 g/mol. The first-order chi connectivity index (χ1) is 53.9. The summed E-state index contributed by atoms with van der Waals surface area (Å²) >= 11 is 0. The number of aromatic amines is 1. The Kier molecular flexibility index (Phi) is 25.7. The normalized spacial score (nSPS) is 17.0. The van der Waals surface area contributed by atoms with Crippen molar-refractivity contribution < 1.29 is 87.4 Å². The maximum absolute atomic E-state index is 13.9. The first-order valence-electron chi connectivity index (χ1n) is 37.9. The van der Waals surface area contributed by atoms with E-state index in [1.807, 2.05) is 48.5 Å². The second kappa shape index (κ2) is 34.9. The number of H-pyrrole nitrogens is 1. The number of carboxylic acids is 2. The van der Waals surface area contributed by atoms with Crippen molar-refractivity contribution in [1.29, 1.82) is 0 Å². The van der Waals surface area contributed by atoms with Gasteiger partial charge in [-0.25, -0.2) is 14.8 Å². The lowest BCUT2D eigenvalue weighted by Gasteiger charge is -2.35. The third kappa shape index (κ3) is 19.5. The van der Waals surface area contributed by atoms with Crippen LogP contribution in [0.15, 0.2) is 167 Å². The number of aryl methyl sites for hydroxylation is 1. The maximum atomic E-state index is 13.9. The van der Waals surface area contributed by atoms with Crippen LogP contribution in [0.1, 0.15) is 171 Å². The first kappa shape index (κ1) is 84.1. The predicted molar refractivity (Wildman–Crippen MR) is 427 cm³/mol. The number of carbonyl (C=O) groups excluding carboxylic acids is 4. The number of aliphatic carboxylic acids is 2. The minimum Gasteiger partial charge on any atom is -0.481 e. The van der Waals surface area contributed by atoms with Gasteiger partial charge >= 0.3 is 24.0 Å². The molecule has 0 saturated carbocycles. The Hall–Kier alpha value is -10.8. The number of nitrogens with zero attached hydrogens (tertiary/aromatic N) is 6. The molecule has 5 atom stereocenters. The van der Waals surface area contributed by atoms with Crippen LogP contribution in [-0.4, -0.2) is 144 Å². The molecule has 3 aliphatic rings. The van der Waals surface area contributed by atoms with E-state index < -0.39 is 121 Å². The van der Waals surface area contributed by atoms with Crippen LogP contribution in [0.3, 0.4) is 0 Å². The number of ketones is 2.